The molecule has 10 nitrogen and oxygen atoms in total. The number of rotatable bonds is 10. The van der Waals surface area contributed by atoms with E-state index in [1.807, 2.05) is 0 Å². The number of nitro groups is 1. The molecule has 1 amide bonds. The summed E-state index contributed by atoms with van der Waals surface area (Å²) in [6.45, 7) is 0.332. The van der Waals surface area contributed by atoms with Crippen LogP contribution in [0.4, 0.5) is 11.4 Å². The fraction of sp³-hybridized carbons (Fsp3) is 0.115. The second-order valence-corrected chi connectivity index (χ2v) is 9.40. The Morgan fingerprint density at radius 1 is 1.08 bits per heavy atom. The third-order valence-electron chi connectivity index (χ3n) is 5.30. The van der Waals surface area contributed by atoms with Crippen LogP contribution in [0, 0.1) is 10.1 Å². The molecule has 0 bridgehead atoms. The normalized spacial score (nSPS) is 14.0. The van der Waals surface area contributed by atoms with Crippen molar-refractivity contribution in [2.24, 2.45) is 0 Å². The number of carboxylic acids is 1. The first-order chi connectivity index (χ1) is 18.3. The van der Waals surface area contributed by atoms with Crippen molar-refractivity contribution in [1.82, 2.24) is 0 Å². The van der Waals surface area contributed by atoms with Crippen LogP contribution in [0.5, 0.6) is 17.2 Å². The van der Waals surface area contributed by atoms with E-state index < -0.39 is 16.8 Å². The van der Waals surface area contributed by atoms with Crippen LogP contribution >= 0.6 is 24.0 Å². The highest BCUT2D eigenvalue weighted by Crippen LogP contribution is 2.38. The van der Waals surface area contributed by atoms with Gasteiger partial charge in [-0.1, -0.05) is 30.0 Å². The van der Waals surface area contributed by atoms with Crippen molar-refractivity contribution in [3.63, 3.8) is 0 Å². The molecule has 1 saturated heterocycles. The van der Waals surface area contributed by atoms with E-state index >= 15 is 0 Å². The van der Waals surface area contributed by atoms with Crippen LogP contribution in [-0.4, -0.2) is 46.6 Å². The molecule has 1 heterocycles. The summed E-state index contributed by atoms with van der Waals surface area (Å²) in [5.74, 6) is 0.00943. The third-order valence-corrected chi connectivity index (χ3v) is 6.61. The number of aromatic carboxylic acids is 1. The molecule has 38 heavy (non-hydrogen) atoms. The molecule has 3 aromatic carbocycles. The molecule has 0 saturated carbocycles. The van der Waals surface area contributed by atoms with Crippen LogP contribution in [-0.2, 0) is 4.79 Å². The van der Waals surface area contributed by atoms with Crippen LogP contribution in [0.15, 0.2) is 71.6 Å². The number of carbonyl (C=O) groups is 2. The van der Waals surface area contributed by atoms with E-state index in [1.165, 1.54) is 47.4 Å². The Bertz CT molecular complexity index is 1440. The highest BCUT2D eigenvalue weighted by atomic mass is 32.2. The Hall–Kier alpha value is -4.42. The Kier molecular flexibility index (Phi) is 8.24. The van der Waals surface area contributed by atoms with Gasteiger partial charge in [-0.2, -0.15) is 0 Å². The van der Waals surface area contributed by atoms with Crippen LogP contribution in [0.1, 0.15) is 15.9 Å². The van der Waals surface area contributed by atoms with Crippen molar-refractivity contribution in [3.05, 3.63) is 92.9 Å². The second-order valence-electron chi connectivity index (χ2n) is 7.72. The van der Waals surface area contributed by atoms with Gasteiger partial charge in [-0.05, 0) is 54.6 Å². The summed E-state index contributed by atoms with van der Waals surface area (Å²) in [7, 11) is 1.57. The van der Waals surface area contributed by atoms with Crippen molar-refractivity contribution in [2.45, 2.75) is 0 Å². The van der Waals surface area contributed by atoms with Gasteiger partial charge in [0.15, 0.2) is 4.32 Å². The van der Waals surface area contributed by atoms with Gasteiger partial charge in [-0.25, -0.2) is 4.79 Å². The van der Waals surface area contributed by atoms with E-state index in [-0.39, 0.29) is 33.7 Å². The van der Waals surface area contributed by atoms with E-state index in [0.29, 0.717) is 28.5 Å². The predicted molar refractivity (Wildman–Crippen MR) is 146 cm³/mol. The summed E-state index contributed by atoms with van der Waals surface area (Å²) in [5.41, 5.74) is 0.444. The van der Waals surface area contributed by atoms with Crippen LogP contribution in [0.25, 0.3) is 6.08 Å². The monoisotopic (exact) mass is 552 g/mol. The maximum atomic E-state index is 13.2. The lowest BCUT2D eigenvalue weighted by Crippen LogP contribution is -2.27. The maximum absolute atomic E-state index is 13.2. The molecule has 1 aliphatic heterocycles. The van der Waals surface area contributed by atoms with Gasteiger partial charge in [-0.15, -0.1) is 0 Å². The molecule has 0 atom stereocenters. The number of amides is 1. The quantitative estimate of drug-likeness (QED) is 0.118. The lowest BCUT2D eigenvalue weighted by Gasteiger charge is -2.15. The van der Waals surface area contributed by atoms with E-state index in [9.17, 15) is 24.8 Å². The molecule has 0 aliphatic carbocycles. The number of non-ortho nitro benzene ring substituents is 1. The van der Waals surface area contributed by atoms with Gasteiger partial charge in [-0.3, -0.25) is 19.8 Å². The highest BCUT2D eigenvalue weighted by Gasteiger charge is 2.34. The molecule has 194 valence electrons. The summed E-state index contributed by atoms with van der Waals surface area (Å²) in [4.78, 5) is 36.8. The van der Waals surface area contributed by atoms with Gasteiger partial charge in [0.25, 0.3) is 11.6 Å². The minimum absolute atomic E-state index is 0.00626. The zero-order valence-corrected chi connectivity index (χ0v) is 21.5. The number of carboxylic acid groups (broad SMARTS) is 1. The second kappa shape index (κ2) is 11.8. The van der Waals surface area contributed by atoms with Crippen LogP contribution < -0.4 is 19.1 Å². The average Bonchev–Trinajstić information content (AvgIpc) is 3.19. The number of nitro benzene ring substituents is 1. The summed E-state index contributed by atoms with van der Waals surface area (Å²) >= 11 is 6.36. The molecule has 0 radical (unpaired) electrons. The van der Waals surface area contributed by atoms with Crippen molar-refractivity contribution in [2.75, 3.05) is 25.2 Å². The minimum atomic E-state index is -1.14. The number of nitrogens with zero attached hydrogens (tertiary/aromatic N) is 2. The number of hydrogen-bond donors (Lipinski definition) is 1. The number of anilines is 1. The molecular formula is C26H20N2O8S2. The van der Waals surface area contributed by atoms with Crippen molar-refractivity contribution < 1.29 is 33.8 Å². The minimum Gasteiger partial charge on any atom is -0.497 e. The summed E-state index contributed by atoms with van der Waals surface area (Å²) in [6, 6.07) is 16.9. The zero-order chi connectivity index (χ0) is 27.2. The van der Waals surface area contributed by atoms with E-state index in [4.69, 9.17) is 26.4 Å². The zero-order valence-electron chi connectivity index (χ0n) is 19.9. The van der Waals surface area contributed by atoms with Crippen molar-refractivity contribution >= 4 is 57.6 Å². The largest absolute Gasteiger partial charge is 0.497 e. The SMILES string of the molecule is COc1ccc(OCCOc2ccc([N+](=O)[O-])cc2C=C2SC(=S)N(c3cccc(C(=O)O)c3)C2=O)cc1. The predicted octanol–water partition coefficient (Wildman–Crippen LogP) is 5.17. The lowest BCUT2D eigenvalue weighted by atomic mass is 10.1. The molecular weight excluding hydrogens is 532 g/mol. The Morgan fingerprint density at radius 2 is 1.79 bits per heavy atom. The molecule has 3 aromatic rings. The molecule has 1 N–H and O–H groups in total. The number of thiocarbonyl (C=S) groups is 1. The molecule has 0 spiro atoms. The topological polar surface area (TPSA) is 128 Å². The maximum Gasteiger partial charge on any atom is 0.335 e. The van der Waals surface area contributed by atoms with E-state index in [1.54, 1.807) is 37.4 Å². The van der Waals surface area contributed by atoms with Crippen molar-refractivity contribution in [3.8, 4) is 17.2 Å². The first-order valence-corrected chi connectivity index (χ1v) is 12.3. The van der Waals surface area contributed by atoms with Crippen LogP contribution in [0.3, 0.4) is 0 Å². The third kappa shape index (κ3) is 6.10. The molecule has 1 aliphatic rings. The number of benzene rings is 3. The first kappa shape index (κ1) is 26.6. The summed E-state index contributed by atoms with van der Waals surface area (Å²) in [5, 5.41) is 20.6. The average molecular weight is 553 g/mol. The fourth-order valence-electron chi connectivity index (χ4n) is 3.49. The Balaban J connectivity index is 1.53. The van der Waals surface area contributed by atoms with Gasteiger partial charge in [0.2, 0.25) is 0 Å². The lowest BCUT2D eigenvalue weighted by molar-refractivity contribution is -0.384. The van der Waals surface area contributed by atoms with Gasteiger partial charge in [0.1, 0.15) is 30.5 Å². The van der Waals surface area contributed by atoms with Gasteiger partial charge in [0, 0.05) is 17.7 Å². The summed E-state index contributed by atoms with van der Waals surface area (Å²) < 4.78 is 16.8. The van der Waals surface area contributed by atoms with Gasteiger partial charge >= 0.3 is 5.97 Å². The van der Waals surface area contributed by atoms with Gasteiger partial charge in [0.05, 0.1) is 28.2 Å². The molecule has 1 fully saturated rings. The molecule has 0 aromatic heterocycles. The van der Waals surface area contributed by atoms with E-state index in [2.05, 4.69) is 0 Å². The number of carbonyl (C=O) groups excluding carboxylic acids is 1. The number of methoxy groups -OCH3 is 1. The number of thioether (sulfide) groups is 1. The molecule has 4 rings (SSSR count). The van der Waals surface area contributed by atoms with E-state index in [0.717, 1.165) is 11.8 Å². The first-order valence-electron chi connectivity index (χ1n) is 11.1. The van der Waals surface area contributed by atoms with Crippen LogP contribution in [0.2, 0.25) is 0 Å². The fourth-order valence-corrected chi connectivity index (χ4v) is 4.78. The standard InChI is InChI=1S/C26H20N2O8S2/c1-34-20-6-8-21(9-7-20)35-11-12-36-22-10-5-19(28(32)33)14-17(22)15-23-24(29)27(26(37)38-23)18-4-2-3-16(13-18)25(30)31/h2-10,13-15H,11-12H2,1H3,(H,30,31). The molecule has 0 unspecified atom stereocenters. The number of hydrogen-bond acceptors (Lipinski definition) is 9. The Labute approximate surface area is 226 Å². The van der Waals surface area contributed by atoms with Crippen molar-refractivity contribution in [1.29, 1.82) is 0 Å². The smallest absolute Gasteiger partial charge is 0.335 e. The van der Waals surface area contributed by atoms with Gasteiger partial charge < -0.3 is 19.3 Å². The molecule has 12 heteroatoms. The Morgan fingerprint density at radius 3 is 2.47 bits per heavy atom. The number of ether oxygens (including phenoxy) is 3. The summed E-state index contributed by atoms with van der Waals surface area (Å²) in [6.07, 6.45) is 1.47. The highest BCUT2D eigenvalue weighted by molar-refractivity contribution is 8.27.